The Morgan fingerprint density at radius 3 is 2.59 bits per heavy atom. The van der Waals surface area contributed by atoms with Crippen LogP contribution in [0.5, 0.6) is 0 Å². The van der Waals surface area contributed by atoms with Crippen molar-refractivity contribution in [1.82, 2.24) is 0 Å². The Hall–Kier alpha value is -0.560. The Kier molecular flexibility index (Phi) is 5.86. The normalized spacial score (nSPS) is 45.3. The molecule has 3 saturated carbocycles. The van der Waals surface area contributed by atoms with Gasteiger partial charge in [0.2, 0.25) is 0 Å². The molecule has 0 radical (unpaired) electrons. The van der Waals surface area contributed by atoms with E-state index in [1.165, 1.54) is 63.4 Å². The second kappa shape index (κ2) is 7.85. The summed E-state index contributed by atoms with van der Waals surface area (Å²) in [5.74, 6) is 3.74. The third kappa shape index (κ3) is 3.48. The largest absolute Gasteiger partial charge is 0.393 e. The predicted molar refractivity (Wildman–Crippen MR) is 124 cm³/mol. The zero-order valence-corrected chi connectivity index (χ0v) is 20.1. The number of rotatable bonds is 4. The maximum absolute atomic E-state index is 10.5. The van der Waals surface area contributed by atoms with Gasteiger partial charge in [0.15, 0.2) is 0 Å². The minimum absolute atomic E-state index is 0.0614. The molecule has 164 valence electrons. The van der Waals surface area contributed by atoms with E-state index in [0.717, 1.165) is 30.1 Å². The molecule has 4 aliphatic carbocycles. The summed E-state index contributed by atoms with van der Waals surface area (Å²) in [6.07, 6.45) is 15.5. The van der Waals surface area contributed by atoms with E-state index < -0.39 is 0 Å². The molecule has 0 heterocycles. The zero-order valence-electron chi connectivity index (χ0n) is 20.1. The van der Waals surface area contributed by atoms with Crippen LogP contribution in [-0.2, 0) is 0 Å². The highest BCUT2D eigenvalue weighted by molar-refractivity contribution is 5.35. The fourth-order valence-electron chi connectivity index (χ4n) is 8.73. The number of fused-ring (bicyclic) bond motifs is 4. The van der Waals surface area contributed by atoms with Crippen molar-refractivity contribution >= 4 is 0 Å². The van der Waals surface area contributed by atoms with Crippen LogP contribution in [0.25, 0.3) is 0 Å². The lowest BCUT2D eigenvalue weighted by atomic mass is 9.47. The Balaban J connectivity index is 1.57. The molecule has 29 heavy (non-hydrogen) atoms. The molecule has 2 unspecified atom stereocenters. The van der Waals surface area contributed by atoms with Gasteiger partial charge in [-0.2, -0.15) is 0 Å². The van der Waals surface area contributed by atoms with E-state index in [0.29, 0.717) is 16.7 Å². The molecule has 1 heteroatoms. The number of aliphatic hydroxyl groups is 1. The van der Waals surface area contributed by atoms with Gasteiger partial charge in [0.1, 0.15) is 0 Å². The predicted octanol–water partition coefficient (Wildman–Crippen LogP) is 7.70. The summed E-state index contributed by atoms with van der Waals surface area (Å²) in [7, 11) is 0. The standard InChI is InChI=1S/C28H46O/c1-18(2)8-7-9-19(3)22-12-13-24-21-10-11-23-20(4)26(29)15-17-28(23,6)25(21)14-16-27(22,24)5/h8,19-20,22-23,25-26,29H,7,9-17H2,1-6H3/t19-,20?,22-,23?,25+,26+,27-,28+/m1/s1. The van der Waals surface area contributed by atoms with Crippen LogP contribution < -0.4 is 0 Å². The van der Waals surface area contributed by atoms with E-state index in [1.54, 1.807) is 0 Å². The monoisotopic (exact) mass is 398 g/mol. The van der Waals surface area contributed by atoms with Gasteiger partial charge in [-0.25, -0.2) is 0 Å². The molecule has 0 aliphatic heterocycles. The topological polar surface area (TPSA) is 20.2 Å². The summed E-state index contributed by atoms with van der Waals surface area (Å²) in [6, 6.07) is 0. The molecule has 4 aliphatic rings. The highest BCUT2D eigenvalue weighted by Gasteiger charge is 2.56. The van der Waals surface area contributed by atoms with Crippen LogP contribution in [0, 0.1) is 40.4 Å². The molecule has 0 spiro atoms. The van der Waals surface area contributed by atoms with Gasteiger partial charge < -0.3 is 5.11 Å². The first-order chi connectivity index (χ1) is 13.7. The Morgan fingerprint density at radius 1 is 1.10 bits per heavy atom. The lowest BCUT2D eigenvalue weighted by Crippen LogP contribution is -2.51. The fourth-order valence-corrected chi connectivity index (χ4v) is 8.73. The number of hydrogen-bond donors (Lipinski definition) is 1. The maximum Gasteiger partial charge on any atom is 0.0568 e. The van der Waals surface area contributed by atoms with Crippen LogP contribution in [0.3, 0.4) is 0 Å². The first kappa shape index (κ1) is 21.7. The molecule has 1 nitrogen and oxygen atoms in total. The Bertz CT molecular complexity index is 682. The second-order valence-corrected chi connectivity index (χ2v) is 12.1. The van der Waals surface area contributed by atoms with Crippen molar-refractivity contribution in [3.05, 3.63) is 22.8 Å². The van der Waals surface area contributed by atoms with Crippen LogP contribution >= 0.6 is 0 Å². The lowest BCUT2D eigenvalue weighted by molar-refractivity contribution is -0.0779. The van der Waals surface area contributed by atoms with Crippen molar-refractivity contribution < 1.29 is 5.11 Å². The van der Waals surface area contributed by atoms with Gasteiger partial charge in [0, 0.05) is 0 Å². The van der Waals surface area contributed by atoms with E-state index in [-0.39, 0.29) is 6.10 Å². The van der Waals surface area contributed by atoms with Crippen LogP contribution in [0.2, 0.25) is 0 Å². The van der Waals surface area contributed by atoms with Crippen LogP contribution in [0.1, 0.15) is 106 Å². The molecule has 0 aromatic carbocycles. The van der Waals surface area contributed by atoms with Gasteiger partial charge in [-0.1, -0.05) is 50.5 Å². The molecule has 4 rings (SSSR count). The minimum Gasteiger partial charge on any atom is -0.393 e. The van der Waals surface area contributed by atoms with Crippen molar-refractivity contribution in [2.24, 2.45) is 40.4 Å². The SMILES string of the molecule is CC(C)=CCC[C@@H](C)[C@H]1CCC2=C3CCC4C(C)[C@@H](O)CC[C@]4(C)[C@H]3CC[C@@]21C. The summed E-state index contributed by atoms with van der Waals surface area (Å²) in [6.45, 7) is 14.6. The molecular weight excluding hydrogens is 352 g/mol. The highest BCUT2D eigenvalue weighted by Crippen LogP contribution is 2.66. The van der Waals surface area contributed by atoms with Gasteiger partial charge in [0.05, 0.1) is 6.10 Å². The summed E-state index contributed by atoms with van der Waals surface area (Å²) in [4.78, 5) is 0. The lowest BCUT2D eigenvalue weighted by Gasteiger charge is -2.58. The summed E-state index contributed by atoms with van der Waals surface area (Å²) < 4.78 is 0. The molecule has 0 amide bonds. The number of hydrogen-bond acceptors (Lipinski definition) is 1. The van der Waals surface area contributed by atoms with Crippen molar-refractivity contribution in [3.63, 3.8) is 0 Å². The zero-order chi connectivity index (χ0) is 21.0. The van der Waals surface area contributed by atoms with Gasteiger partial charge in [0.25, 0.3) is 0 Å². The average Bonchev–Trinajstić information content (AvgIpc) is 3.02. The van der Waals surface area contributed by atoms with Crippen molar-refractivity contribution in [3.8, 4) is 0 Å². The van der Waals surface area contributed by atoms with E-state index >= 15 is 0 Å². The van der Waals surface area contributed by atoms with Gasteiger partial charge in [-0.15, -0.1) is 0 Å². The molecule has 0 aromatic rings. The number of aliphatic hydroxyl groups excluding tert-OH is 1. The highest BCUT2D eigenvalue weighted by atomic mass is 16.3. The molecule has 0 bridgehead atoms. The smallest absolute Gasteiger partial charge is 0.0568 e. The maximum atomic E-state index is 10.5. The first-order valence-electron chi connectivity index (χ1n) is 12.7. The molecule has 3 fully saturated rings. The van der Waals surface area contributed by atoms with E-state index in [2.05, 4.69) is 47.6 Å². The van der Waals surface area contributed by atoms with Crippen LogP contribution in [-0.4, -0.2) is 11.2 Å². The third-order valence-corrected chi connectivity index (χ3v) is 10.4. The Labute approximate surface area is 180 Å². The summed E-state index contributed by atoms with van der Waals surface area (Å²) >= 11 is 0. The van der Waals surface area contributed by atoms with E-state index in [4.69, 9.17) is 0 Å². The second-order valence-electron chi connectivity index (χ2n) is 12.1. The van der Waals surface area contributed by atoms with Crippen LogP contribution in [0.15, 0.2) is 22.8 Å². The Morgan fingerprint density at radius 2 is 1.86 bits per heavy atom. The van der Waals surface area contributed by atoms with Crippen LogP contribution in [0.4, 0.5) is 0 Å². The van der Waals surface area contributed by atoms with Crippen molar-refractivity contribution in [2.75, 3.05) is 0 Å². The first-order valence-corrected chi connectivity index (χ1v) is 12.7. The van der Waals surface area contributed by atoms with Gasteiger partial charge in [-0.3, -0.25) is 0 Å². The number of allylic oxidation sites excluding steroid dienone is 4. The summed E-state index contributed by atoms with van der Waals surface area (Å²) in [5.41, 5.74) is 6.19. The fraction of sp³-hybridized carbons (Fsp3) is 0.857. The van der Waals surface area contributed by atoms with E-state index in [9.17, 15) is 5.11 Å². The summed E-state index contributed by atoms with van der Waals surface area (Å²) in [5, 5.41) is 10.5. The van der Waals surface area contributed by atoms with Gasteiger partial charge >= 0.3 is 0 Å². The molecule has 8 atom stereocenters. The quantitative estimate of drug-likeness (QED) is 0.481. The van der Waals surface area contributed by atoms with Crippen molar-refractivity contribution in [1.29, 1.82) is 0 Å². The minimum atomic E-state index is -0.0614. The van der Waals surface area contributed by atoms with Crippen molar-refractivity contribution in [2.45, 2.75) is 112 Å². The molecule has 1 N–H and O–H groups in total. The third-order valence-electron chi connectivity index (χ3n) is 10.4. The molecule has 0 aromatic heterocycles. The molecular formula is C28H46O. The van der Waals surface area contributed by atoms with Gasteiger partial charge in [-0.05, 0) is 118 Å². The average molecular weight is 399 g/mol. The van der Waals surface area contributed by atoms with E-state index in [1.807, 2.05) is 11.1 Å². The molecule has 0 saturated heterocycles.